The summed E-state index contributed by atoms with van der Waals surface area (Å²) in [6.45, 7) is 8.17. The molecule has 3 aromatic carbocycles. The van der Waals surface area contributed by atoms with Crippen LogP contribution in [0.15, 0.2) is 66.7 Å². The first-order chi connectivity index (χ1) is 15.2. The van der Waals surface area contributed by atoms with E-state index in [0.717, 1.165) is 28.3 Å². The summed E-state index contributed by atoms with van der Waals surface area (Å²) in [5.41, 5.74) is 1.96. The Morgan fingerprint density at radius 2 is 1.72 bits per heavy atom. The number of fused-ring (bicyclic) bond motifs is 1. The number of benzene rings is 3. The number of carbonyl (C=O) groups is 1. The Morgan fingerprint density at radius 1 is 1.03 bits per heavy atom. The summed E-state index contributed by atoms with van der Waals surface area (Å²) >= 11 is 0. The summed E-state index contributed by atoms with van der Waals surface area (Å²) in [4.78, 5) is 14.9. The van der Waals surface area contributed by atoms with E-state index in [1.807, 2.05) is 58.0 Å². The normalized spacial score (nSPS) is 12.4. The van der Waals surface area contributed by atoms with Crippen LogP contribution in [-0.2, 0) is 11.2 Å². The van der Waals surface area contributed by atoms with Gasteiger partial charge in [-0.05, 0) is 67.9 Å². The van der Waals surface area contributed by atoms with E-state index < -0.39 is 12.7 Å². The first kappa shape index (κ1) is 23.8. The van der Waals surface area contributed by atoms with E-state index in [2.05, 4.69) is 24.3 Å². The number of nitrogens with zero attached hydrogens (tertiary/aromatic N) is 1. The second-order valence-corrected chi connectivity index (χ2v) is 9.14. The molecular weight excluding hydrogens is 401 g/mol. The molecule has 0 radical (unpaired) electrons. The fourth-order valence-electron chi connectivity index (χ4n) is 3.91. The molecule has 0 aromatic heterocycles. The minimum atomic E-state index is -1.49. The van der Waals surface area contributed by atoms with Crippen molar-refractivity contribution in [3.63, 3.8) is 0 Å². The van der Waals surface area contributed by atoms with Gasteiger partial charge < -0.3 is 19.7 Å². The van der Waals surface area contributed by atoms with Gasteiger partial charge >= 0.3 is 13.2 Å². The highest BCUT2D eigenvalue weighted by molar-refractivity contribution is 6.58. The van der Waals surface area contributed by atoms with Crippen LogP contribution in [-0.4, -0.2) is 40.3 Å². The lowest BCUT2D eigenvalue weighted by Gasteiger charge is -2.32. The molecule has 1 amide bonds. The number of ether oxygens (including phenoxy) is 1. The van der Waals surface area contributed by atoms with E-state index in [-0.39, 0.29) is 12.1 Å². The van der Waals surface area contributed by atoms with E-state index in [1.165, 1.54) is 0 Å². The maximum absolute atomic E-state index is 13.1. The third kappa shape index (κ3) is 6.12. The molecule has 0 fully saturated rings. The number of aryl methyl sites for hydroxylation is 1. The van der Waals surface area contributed by atoms with Crippen molar-refractivity contribution in [2.45, 2.75) is 52.2 Å². The summed E-state index contributed by atoms with van der Waals surface area (Å²) in [7, 11) is -1.49. The highest BCUT2D eigenvalue weighted by atomic mass is 16.6. The van der Waals surface area contributed by atoms with E-state index in [1.54, 1.807) is 17.0 Å². The predicted molar refractivity (Wildman–Crippen MR) is 130 cm³/mol. The second kappa shape index (κ2) is 10.2. The molecule has 0 aliphatic heterocycles. The Bertz CT molecular complexity index is 1060. The van der Waals surface area contributed by atoms with Crippen LogP contribution in [0, 0.1) is 0 Å². The van der Waals surface area contributed by atoms with Crippen LogP contribution >= 0.6 is 0 Å². The largest absolute Gasteiger partial charge is 0.488 e. The molecule has 6 heteroatoms. The summed E-state index contributed by atoms with van der Waals surface area (Å²) in [6.07, 6.45) is 1.10. The molecule has 3 rings (SSSR count). The van der Waals surface area contributed by atoms with Gasteiger partial charge in [-0.1, -0.05) is 66.7 Å². The number of rotatable bonds is 7. The van der Waals surface area contributed by atoms with Crippen LogP contribution in [0.25, 0.3) is 10.8 Å². The number of carbonyl (C=O) groups excluding carboxylic acids is 1. The van der Waals surface area contributed by atoms with Crippen molar-refractivity contribution < 1.29 is 19.6 Å². The molecule has 32 heavy (non-hydrogen) atoms. The van der Waals surface area contributed by atoms with Gasteiger partial charge in [0.05, 0.1) is 6.04 Å². The summed E-state index contributed by atoms with van der Waals surface area (Å²) in [5.74, 6) is 0. The molecule has 0 spiro atoms. The Hall–Kier alpha value is -2.83. The zero-order valence-corrected chi connectivity index (χ0v) is 19.3. The van der Waals surface area contributed by atoms with Gasteiger partial charge in [0.2, 0.25) is 0 Å². The van der Waals surface area contributed by atoms with Gasteiger partial charge in [-0.25, -0.2) is 4.79 Å². The number of amides is 1. The van der Waals surface area contributed by atoms with Gasteiger partial charge in [-0.3, -0.25) is 0 Å². The average molecular weight is 433 g/mol. The zero-order valence-electron chi connectivity index (χ0n) is 19.3. The fourth-order valence-corrected chi connectivity index (χ4v) is 3.91. The molecule has 0 aliphatic carbocycles. The molecule has 2 N–H and O–H groups in total. The summed E-state index contributed by atoms with van der Waals surface area (Å²) in [6, 6.07) is 21.4. The lowest BCUT2D eigenvalue weighted by molar-refractivity contribution is 0.0172. The predicted octanol–water partition coefficient (Wildman–Crippen LogP) is 4.45. The van der Waals surface area contributed by atoms with Gasteiger partial charge in [0.25, 0.3) is 0 Å². The molecule has 0 saturated carbocycles. The standard InChI is InChI=1S/C26H32BNO4/c1-19(23-16-8-13-21-12-5-6-15-24(21)23)28(25(29)32-26(2,3)4)17-9-11-20-10-7-14-22(18-20)27(30)31/h5-8,10,12-16,18-19,30-31H,9,11,17H2,1-4H3/t19-/m1/s1. The SMILES string of the molecule is C[C@H](c1cccc2ccccc12)N(CCCc1cccc(B(O)O)c1)C(=O)OC(C)(C)C. The number of hydrogen-bond donors (Lipinski definition) is 2. The van der Waals surface area contributed by atoms with Crippen LogP contribution in [0.3, 0.4) is 0 Å². The van der Waals surface area contributed by atoms with Crippen molar-refractivity contribution in [1.82, 2.24) is 4.90 Å². The molecule has 0 aliphatic rings. The van der Waals surface area contributed by atoms with Gasteiger partial charge in [0.15, 0.2) is 0 Å². The van der Waals surface area contributed by atoms with Crippen LogP contribution in [0.5, 0.6) is 0 Å². The molecule has 0 saturated heterocycles. The minimum Gasteiger partial charge on any atom is -0.444 e. The smallest absolute Gasteiger partial charge is 0.444 e. The van der Waals surface area contributed by atoms with Crippen molar-refractivity contribution in [3.8, 4) is 0 Å². The van der Waals surface area contributed by atoms with Crippen LogP contribution < -0.4 is 5.46 Å². The Kier molecular flexibility index (Phi) is 7.59. The average Bonchev–Trinajstić information content (AvgIpc) is 2.75. The zero-order chi connectivity index (χ0) is 23.3. The van der Waals surface area contributed by atoms with E-state index >= 15 is 0 Å². The highest BCUT2D eigenvalue weighted by Gasteiger charge is 2.27. The van der Waals surface area contributed by atoms with Crippen molar-refractivity contribution in [2.24, 2.45) is 0 Å². The van der Waals surface area contributed by atoms with Crippen molar-refractivity contribution >= 4 is 29.4 Å². The fraction of sp³-hybridized carbons (Fsp3) is 0.346. The maximum Gasteiger partial charge on any atom is 0.488 e. The monoisotopic (exact) mass is 433 g/mol. The molecule has 168 valence electrons. The summed E-state index contributed by atoms with van der Waals surface area (Å²) < 4.78 is 5.73. The van der Waals surface area contributed by atoms with Crippen LogP contribution in [0.2, 0.25) is 0 Å². The van der Waals surface area contributed by atoms with Crippen molar-refractivity contribution in [3.05, 3.63) is 77.9 Å². The van der Waals surface area contributed by atoms with Crippen LogP contribution in [0.1, 0.15) is 51.3 Å². The second-order valence-electron chi connectivity index (χ2n) is 9.14. The maximum atomic E-state index is 13.1. The van der Waals surface area contributed by atoms with E-state index in [4.69, 9.17) is 4.74 Å². The molecule has 3 aromatic rings. The molecule has 5 nitrogen and oxygen atoms in total. The quantitative estimate of drug-likeness (QED) is 0.541. The third-order valence-electron chi connectivity index (χ3n) is 5.48. The lowest BCUT2D eigenvalue weighted by Crippen LogP contribution is -2.39. The first-order valence-corrected chi connectivity index (χ1v) is 11.1. The minimum absolute atomic E-state index is 0.165. The molecule has 1 atom stereocenters. The molecule has 0 heterocycles. The van der Waals surface area contributed by atoms with Crippen LogP contribution in [0.4, 0.5) is 4.79 Å². The topological polar surface area (TPSA) is 70.0 Å². The Balaban J connectivity index is 1.82. The van der Waals surface area contributed by atoms with Crippen molar-refractivity contribution in [2.75, 3.05) is 6.54 Å². The van der Waals surface area contributed by atoms with Gasteiger partial charge in [0, 0.05) is 6.54 Å². The highest BCUT2D eigenvalue weighted by Crippen LogP contribution is 2.29. The third-order valence-corrected chi connectivity index (χ3v) is 5.48. The van der Waals surface area contributed by atoms with Crippen molar-refractivity contribution in [1.29, 1.82) is 0 Å². The molecular formula is C26H32BNO4. The first-order valence-electron chi connectivity index (χ1n) is 11.1. The van der Waals surface area contributed by atoms with Gasteiger partial charge in [-0.2, -0.15) is 0 Å². The Morgan fingerprint density at radius 3 is 2.44 bits per heavy atom. The number of hydrogen-bond acceptors (Lipinski definition) is 4. The lowest BCUT2D eigenvalue weighted by atomic mass is 9.79. The van der Waals surface area contributed by atoms with Gasteiger partial charge in [-0.15, -0.1) is 0 Å². The Labute approximate surface area is 190 Å². The molecule has 0 bridgehead atoms. The van der Waals surface area contributed by atoms with Gasteiger partial charge in [0.1, 0.15) is 5.60 Å². The van der Waals surface area contributed by atoms with E-state index in [0.29, 0.717) is 18.4 Å². The van der Waals surface area contributed by atoms with E-state index in [9.17, 15) is 14.8 Å². The molecule has 0 unspecified atom stereocenters. The summed E-state index contributed by atoms with van der Waals surface area (Å²) in [5, 5.41) is 21.1.